The zero-order valence-corrected chi connectivity index (χ0v) is 17.1. The van der Waals surface area contributed by atoms with E-state index in [0.29, 0.717) is 13.0 Å². The van der Waals surface area contributed by atoms with Crippen LogP contribution in [0.4, 0.5) is 0 Å². The van der Waals surface area contributed by atoms with Crippen LogP contribution in [0.2, 0.25) is 0 Å². The smallest absolute Gasteiger partial charge is 0.222 e. The van der Waals surface area contributed by atoms with Crippen LogP contribution < -0.4 is 16.0 Å². The number of benzene rings is 1. The first-order chi connectivity index (χ1) is 13.6. The van der Waals surface area contributed by atoms with Gasteiger partial charge in [-0.3, -0.25) is 9.79 Å². The molecule has 0 aliphatic carbocycles. The number of amides is 1. The molecule has 1 heterocycles. The van der Waals surface area contributed by atoms with E-state index in [9.17, 15) is 4.79 Å². The van der Waals surface area contributed by atoms with Gasteiger partial charge in [0.1, 0.15) is 0 Å². The van der Waals surface area contributed by atoms with E-state index in [-0.39, 0.29) is 11.9 Å². The Morgan fingerprint density at radius 3 is 2.64 bits per heavy atom. The molecule has 1 aromatic heterocycles. The number of carbonyl (C=O) groups excluding carboxylic acids is 1. The van der Waals surface area contributed by atoms with Gasteiger partial charge in [0.25, 0.3) is 0 Å². The standard InChI is InChI=1S/C21H32N6O/c1-4-17(3)26-20(28)12-15-24-21(22-5-2)23-14-11-18-7-9-19(10-8-18)27-16-6-13-25-27/h6-10,13,16-17H,4-5,11-12,14-15H2,1-3H3,(H,26,28)(H2,22,23,24). The highest BCUT2D eigenvalue weighted by Crippen LogP contribution is 2.08. The topological polar surface area (TPSA) is 83.3 Å². The van der Waals surface area contributed by atoms with Crippen molar-refractivity contribution in [2.45, 2.75) is 46.1 Å². The van der Waals surface area contributed by atoms with Gasteiger partial charge in [0.15, 0.2) is 5.96 Å². The normalized spacial score (nSPS) is 12.5. The van der Waals surface area contributed by atoms with Gasteiger partial charge in [0.2, 0.25) is 5.91 Å². The first-order valence-electron chi connectivity index (χ1n) is 10.0. The van der Waals surface area contributed by atoms with Gasteiger partial charge in [0, 0.05) is 37.9 Å². The van der Waals surface area contributed by atoms with Crippen molar-refractivity contribution in [3.05, 3.63) is 48.3 Å². The van der Waals surface area contributed by atoms with Crippen LogP contribution in [0.3, 0.4) is 0 Å². The highest BCUT2D eigenvalue weighted by atomic mass is 16.1. The number of hydrogen-bond donors (Lipinski definition) is 3. The number of hydrogen-bond acceptors (Lipinski definition) is 3. The molecule has 0 radical (unpaired) electrons. The van der Waals surface area contributed by atoms with Gasteiger partial charge in [-0.2, -0.15) is 5.10 Å². The summed E-state index contributed by atoms with van der Waals surface area (Å²) in [5.74, 6) is 0.790. The fourth-order valence-electron chi connectivity index (χ4n) is 2.62. The lowest BCUT2D eigenvalue weighted by atomic mass is 10.1. The average molecular weight is 385 g/mol. The number of rotatable bonds is 10. The minimum Gasteiger partial charge on any atom is -0.357 e. The number of aromatic nitrogens is 2. The molecule has 1 unspecified atom stereocenters. The summed E-state index contributed by atoms with van der Waals surface area (Å²) in [5.41, 5.74) is 2.29. The summed E-state index contributed by atoms with van der Waals surface area (Å²) in [4.78, 5) is 16.3. The Kier molecular flexibility index (Phi) is 9.04. The molecule has 1 amide bonds. The van der Waals surface area contributed by atoms with Crippen LogP contribution in [0.5, 0.6) is 0 Å². The molecule has 7 nitrogen and oxygen atoms in total. The first-order valence-corrected chi connectivity index (χ1v) is 10.0. The van der Waals surface area contributed by atoms with Gasteiger partial charge in [-0.1, -0.05) is 19.1 Å². The monoisotopic (exact) mass is 384 g/mol. The molecule has 0 saturated heterocycles. The molecule has 0 spiro atoms. The summed E-state index contributed by atoms with van der Waals surface area (Å²) in [5, 5.41) is 13.7. The highest BCUT2D eigenvalue weighted by Gasteiger charge is 2.05. The van der Waals surface area contributed by atoms with E-state index in [2.05, 4.69) is 57.2 Å². The SMILES string of the molecule is CCNC(=NCCC(=O)NC(C)CC)NCCc1ccc(-n2cccn2)cc1. The molecule has 0 bridgehead atoms. The maximum absolute atomic E-state index is 11.8. The zero-order chi connectivity index (χ0) is 20.2. The Bertz CT molecular complexity index is 724. The predicted molar refractivity (Wildman–Crippen MR) is 114 cm³/mol. The van der Waals surface area contributed by atoms with Crippen molar-refractivity contribution in [2.24, 2.45) is 4.99 Å². The summed E-state index contributed by atoms with van der Waals surface area (Å²) in [7, 11) is 0. The fourth-order valence-corrected chi connectivity index (χ4v) is 2.62. The third-order valence-corrected chi connectivity index (χ3v) is 4.38. The summed E-state index contributed by atoms with van der Waals surface area (Å²) in [6.45, 7) is 8.11. The van der Waals surface area contributed by atoms with E-state index in [0.717, 1.165) is 37.6 Å². The lowest BCUT2D eigenvalue weighted by Crippen LogP contribution is -2.38. The minimum atomic E-state index is 0.0474. The lowest BCUT2D eigenvalue weighted by molar-refractivity contribution is -0.121. The van der Waals surface area contributed by atoms with Gasteiger partial charge in [-0.05, 0) is 50.5 Å². The molecule has 2 aromatic rings. The predicted octanol–water partition coefficient (Wildman–Crippen LogP) is 2.27. The third kappa shape index (κ3) is 7.42. The maximum atomic E-state index is 11.8. The second-order valence-corrected chi connectivity index (χ2v) is 6.68. The van der Waals surface area contributed by atoms with Crippen molar-refractivity contribution in [3.63, 3.8) is 0 Å². The summed E-state index contributed by atoms with van der Waals surface area (Å²) in [6.07, 6.45) is 5.92. The average Bonchev–Trinajstić information content (AvgIpc) is 3.23. The number of nitrogens with one attached hydrogen (secondary N) is 3. The number of aliphatic imine (C=N–C) groups is 1. The highest BCUT2D eigenvalue weighted by molar-refractivity contribution is 5.80. The molecule has 0 aliphatic heterocycles. The molecule has 7 heteroatoms. The molecule has 152 valence electrons. The second-order valence-electron chi connectivity index (χ2n) is 6.68. The lowest BCUT2D eigenvalue weighted by Gasteiger charge is -2.12. The van der Waals surface area contributed by atoms with Crippen molar-refractivity contribution < 1.29 is 4.79 Å². The van der Waals surface area contributed by atoms with Gasteiger partial charge >= 0.3 is 0 Å². The van der Waals surface area contributed by atoms with Crippen LogP contribution in [-0.4, -0.2) is 47.3 Å². The van der Waals surface area contributed by atoms with Gasteiger partial charge < -0.3 is 16.0 Å². The molecule has 2 rings (SSSR count). The quantitative estimate of drug-likeness (QED) is 0.433. The number of carbonyl (C=O) groups is 1. The Hall–Kier alpha value is -2.83. The minimum absolute atomic E-state index is 0.0474. The van der Waals surface area contributed by atoms with E-state index in [1.165, 1.54) is 5.56 Å². The van der Waals surface area contributed by atoms with Crippen LogP contribution in [0, 0.1) is 0 Å². The van der Waals surface area contributed by atoms with Crippen LogP contribution in [-0.2, 0) is 11.2 Å². The second kappa shape index (κ2) is 11.8. The largest absolute Gasteiger partial charge is 0.357 e. The van der Waals surface area contributed by atoms with E-state index in [1.807, 2.05) is 30.8 Å². The van der Waals surface area contributed by atoms with Gasteiger partial charge in [-0.15, -0.1) is 0 Å². The molecule has 0 saturated carbocycles. The zero-order valence-electron chi connectivity index (χ0n) is 17.1. The van der Waals surface area contributed by atoms with E-state index in [4.69, 9.17) is 0 Å². The van der Waals surface area contributed by atoms with Crippen molar-refractivity contribution in [2.75, 3.05) is 19.6 Å². The Morgan fingerprint density at radius 2 is 2.00 bits per heavy atom. The van der Waals surface area contributed by atoms with Gasteiger partial charge in [-0.25, -0.2) is 4.68 Å². The molecule has 1 aromatic carbocycles. The van der Waals surface area contributed by atoms with Crippen molar-refractivity contribution in [3.8, 4) is 5.69 Å². The molecule has 28 heavy (non-hydrogen) atoms. The van der Waals surface area contributed by atoms with Crippen LogP contribution >= 0.6 is 0 Å². The van der Waals surface area contributed by atoms with Crippen LogP contribution in [0.15, 0.2) is 47.7 Å². The number of nitrogens with zero attached hydrogens (tertiary/aromatic N) is 3. The molecule has 1 atom stereocenters. The van der Waals surface area contributed by atoms with E-state index < -0.39 is 0 Å². The Labute approximate surface area is 167 Å². The molecule has 3 N–H and O–H groups in total. The summed E-state index contributed by atoms with van der Waals surface area (Å²) < 4.78 is 1.84. The van der Waals surface area contributed by atoms with E-state index >= 15 is 0 Å². The molecule has 0 fully saturated rings. The maximum Gasteiger partial charge on any atom is 0.222 e. The van der Waals surface area contributed by atoms with Crippen molar-refractivity contribution in [1.82, 2.24) is 25.7 Å². The molecular formula is C21H32N6O. The van der Waals surface area contributed by atoms with Crippen molar-refractivity contribution in [1.29, 1.82) is 0 Å². The number of guanidine groups is 1. The van der Waals surface area contributed by atoms with Gasteiger partial charge in [0.05, 0.1) is 12.2 Å². The van der Waals surface area contributed by atoms with E-state index in [1.54, 1.807) is 6.20 Å². The summed E-state index contributed by atoms with van der Waals surface area (Å²) in [6, 6.07) is 10.5. The van der Waals surface area contributed by atoms with Crippen LogP contribution in [0.1, 0.15) is 39.2 Å². The fraction of sp³-hybridized carbons (Fsp3) is 0.476. The molecule has 0 aliphatic rings. The van der Waals surface area contributed by atoms with Crippen molar-refractivity contribution >= 4 is 11.9 Å². The third-order valence-electron chi connectivity index (χ3n) is 4.38. The summed E-state index contributed by atoms with van der Waals surface area (Å²) >= 11 is 0. The first kappa shape index (κ1) is 21.5. The van der Waals surface area contributed by atoms with Crippen LogP contribution in [0.25, 0.3) is 5.69 Å². The molecular weight excluding hydrogens is 352 g/mol. The Morgan fingerprint density at radius 1 is 1.21 bits per heavy atom. The Balaban J connectivity index is 1.76.